The number of aromatic nitrogens is 2. The molecule has 1 fully saturated rings. The highest BCUT2D eigenvalue weighted by atomic mass is 19.1. The van der Waals surface area contributed by atoms with Crippen molar-refractivity contribution in [3.05, 3.63) is 106 Å². The fourth-order valence-corrected chi connectivity index (χ4v) is 3.95. The average Bonchev–Trinajstić information content (AvgIpc) is 3.75. The molecule has 0 saturated heterocycles. The Labute approximate surface area is 218 Å². The second kappa shape index (κ2) is 10.3. The quantitative estimate of drug-likeness (QED) is 0.346. The number of carbonyl (C=O) groups is 2. The van der Waals surface area contributed by atoms with Gasteiger partial charge in [-0.15, -0.1) is 0 Å². The van der Waals surface area contributed by atoms with E-state index >= 15 is 0 Å². The molecule has 2 N–H and O–H groups in total. The average molecular weight is 513 g/mol. The van der Waals surface area contributed by atoms with E-state index in [9.17, 15) is 18.8 Å². The van der Waals surface area contributed by atoms with Gasteiger partial charge in [-0.2, -0.15) is 0 Å². The molecule has 2 aromatic carbocycles. The molecule has 4 aromatic rings. The van der Waals surface area contributed by atoms with Gasteiger partial charge in [0.15, 0.2) is 0 Å². The Balaban J connectivity index is 1.33. The Bertz CT molecular complexity index is 1590. The number of carbonyl (C=O) groups excluding carboxylic acids is 2. The summed E-state index contributed by atoms with van der Waals surface area (Å²) in [6, 6.07) is 15.3. The van der Waals surface area contributed by atoms with E-state index in [0.29, 0.717) is 28.7 Å². The summed E-state index contributed by atoms with van der Waals surface area (Å²) in [5.41, 5.74) is 1.97. The van der Waals surface area contributed by atoms with Crippen molar-refractivity contribution < 1.29 is 18.7 Å². The minimum Gasteiger partial charge on any atom is -0.457 e. The van der Waals surface area contributed by atoms with Crippen molar-refractivity contribution in [3.8, 4) is 17.2 Å². The zero-order chi connectivity index (χ0) is 26.8. The summed E-state index contributed by atoms with van der Waals surface area (Å²) >= 11 is 0. The van der Waals surface area contributed by atoms with Crippen molar-refractivity contribution in [3.63, 3.8) is 0 Å². The van der Waals surface area contributed by atoms with Gasteiger partial charge in [-0.3, -0.25) is 19.0 Å². The summed E-state index contributed by atoms with van der Waals surface area (Å²) in [5.74, 6) is 0.555. The molecule has 2 heterocycles. The standard InChI is InChI=1S/C29H25FN4O4/c1-17-18(2)25(38-22-13-14-31-26(16-22)33-27(35)19-5-6-19)12-11-24(17)32-28(36)23-4-3-15-34(29(23)37)21-9-7-20(30)8-10-21/h3-4,7-16,19H,5-6H2,1-2H3,(H,32,36)(H,31,33,35). The Kier molecular flexibility index (Phi) is 6.74. The van der Waals surface area contributed by atoms with Crippen LogP contribution in [-0.2, 0) is 4.79 Å². The number of nitrogens with zero attached hydrogens (tertiary/aromatic N) is 2. The number of amides is 2. The van der Waals surface area contributed by atoms with Gasteiger partial charge in [-0.05, 0) is 92.4 Å². The third-order valence-corrected chi connectivity index (χ3v) is 6.44. The molecule has 0 bridgehead atoms. The molecule has 1 aliphatic carbocycles. The van der Waals surface area contributed by atoms with Crippen molar-refractivity contribution in [1.82, 2.24) is 9.55 Å². The Morgan fingerprint density at radius 1 is 1.00 bits per heavy atom. The van der Waals surface area contributed by atoms with Crippen LogP contribution in [0, 0.1) is 25.6 Å². The lowest BCUT2D eigenvalue weighted by Crippen LogP contribution is -2.28. The number of halogens is 1. The monoisotopic (exact) mass is 512 g/mol. The maximum atomic E-state index is 13.3. The minimum absolute atomic E-state index is 0.0374. The van der Waals surface area contributed by atoms with Crippen LogP contribution in [0.2, 0.25) is 0 Å². The molecule has 38 heavy (non-hydrogen) atoms. The van der Waals surface area contributed by atoms with Crippen LogP contribution in [0.4, 0.5) is 15.9 Å². The van der Waals surface area contributed by atoms with Crippen LogP contribution in [0.25, 0.3) is 5.69 Å². The maximum Gasteiger partial charge on any atom is 0.267 e. The van der Waals surface area contributed by atoms with Crippen LogP contribution in [0.3, 0.4) is 0 Å². The van der Waals surface area contributed by atoms with E-state index in [0.717, 1.165) is 24.0 Å². The van der Waals surface area contributed by atoms with Crippen LogP contribution >= 0.6 is 0 Å². The minimum atomic E-state index is -0.562. The van der Waals surface area contributed by atoms with Gasteiger partial charge >= 0.3 is 0 Å². The summed E-state index contributed by atoms with van der Waals surface area (Å²) in [5, 5.41) is 5.61. The van der Waals surface area contributed by atoms with Gasteiger partial charge in [0.05, 0.1) is 0 Å². The predicted molar refractivity (Wildman–Crippen MR) is 142 cm³/mol. The van der Waals surface area contributed by atoms with E-state index in [1.807, 2.05) is 13.8 Å². The van der Waals surface area contributed by atoms with E-state index in [4.69, 9.17) is 4.74 Å². The van der Waals surface area contributed by atoms with Gasteiger partial charge in [0.25, 0.3) is 11.5 Å². The number of benzene rings is 2. The van der Waals surface area contributed by atoms with Crippen molar-refractivity contribution >= 4 is 23.3 Å². The van der Waals surface area contributed by atoms with Gasteiger partial charge in [0.1, 0.15) is 28.7 Å². The molecule has 0 aliphatic heterocycles. The van der Waals surface area contributed by atoms with Crippen molar-refractivity contribution in [2.75, 3.05) is 10.6 Å². The molecule has 192 valence electrons. The van der Waals surface area contributed by atoms with Crippen molar-refractivity contribution in [2.24, 2.45) is 5.92 Å². The molecule has 1 aliphatic rings. The molecule has 0 spiro atoms. The van der Waals surface area contributed by atoms with Crippen LogP contribution in [0.1, 0.15) is 34.3 Å². The molecule has 2 amide bonds. The van der Waals surface area contributed by atoms with E-state index < -0.39 is 17.3 Å². The van der Waals surface area contributed by atoms with Gasteiger partial charge in [-0.25, -0.2) is 9.37 Å². The maximum absolute atomic E-state index is 13.3. The molecule has 9 heteroatoms. The molecule has 2 aromatic heterocycles. The van der Waals surface area contributed by atoms with E-state index in [1.54, 1.807) is 36.5 Å². The van der Waals surface area contributed by atoms with Crippen LogP contribution in [-0.4, -0.2) is 21.4 Å². The zero-order valence-electron chi connectivity index (χ0n) is 20.8. The van der Waals surface area contributed by atoms with E-state index in [-0.39, 0.29) is 17.4 Å². The highest BCUT2D eigenvalue weighted by Gasteiger charge is 2.29. The summed E-state index contributed by atoms with van der Waals surface area (Å²) in [6.45, 7) is 3.70. The molecule has 1 saturated carbocycles. The highest BCUT2D eigenvalue weighted by molar-refractivity contribution is 6.04. The first-order valence-corrected chi connectivity index (χ1v) is 12.1. The van der Waals surface area contributed by atoms with Crippen LogP contribution in [0.15, 0.2) is 77.9 Å². The highest BCUT2D eigenvalue weighted by Crippen LogP contribution is 2.33. The predicted octanol–water partition coefficient (Wildman–Crippen LogP) is 5.38. The number of anilines is 2. The molecule has 0 atom stereocenters. The van der Waals surface area contributed by atoms with Crippen molar-refractivity contribution in [2.45, 2.75) is 26.7 Å². The second-order valence-electron chi connectivity index (χ2n) is 9.13. The topological polar surface area (TPSA) is 102 Å². The first-order valence-electron chi connectivity index (χ1n) is 12.1. The third kappa shape index (κ3) is 5.31. The van der Waals surface area contributed by atoms with Crippen LogP contribution in [0.5, 0.6) is 11.5 Å². The zero-order valence-corrected chi connectivity index (χ0v) is 20.8. The van der Waals surface area contributed by atoms with E-state index in [2.05, 4.69) is 15.6 Å². The summed E-state index contributed by atoms with van der Waals surface area (Å²) in [4.78, 5) is 42.2. The first-order chi connectivity index (χ1) is 18.3. The lowest BCUT2D eigenvalue weighted by molar-refractivity contribution is -0.117. The molecular formula is C29H25FN4O4. The summed E-state index contributed by atoms with van der Waals surface area (Å²) in [7, 11) is 0. The fourth-order valence-electron chi connectivity index (χ4n) is 3.95. The fraction of sp³-hybridized carbons (Fsp3) is 0.172. The summed E-state index contributed by atoms with van der Waals surface area (Å²) in [6.07, 6.45) is 4.89. The Morgan fingerprint density at radius 3 is 2.50 bits per heavy atom. The van der Waals surface area contributed by atoms with Gasteiger partial charge in [0, 0.05) is 35.8 Å². The molecule has 0 radical (unpaired) electrons. The number of nitrogens with one attached hydrogen (secondary N) is 2. The summed E-state index contributed by atoms with van der Waals surface area (Å²) < 4.78 is 20.6. The molecule has 8 nitrogen and oxygen atoms in total. The number of pyridine rings is 2. The van der Waals surface area contributed by atoms with Gasteiger partial charge < -0.3 is 15.4 Å². The van der Waals surface area contributed by atoms with Gasteiger partial charge in [-0.1, -0.05) is 0 Å². The number of hydrogen-bond donors (Lipinski definition) is 2. The number of rotatable bonds is 7. The van der Waals surface area contributed by atoms with Crippen LogP contribution < -0.4 is 20.9 Å². The molecular weight excluding hydrogens is 487 g/mol. The second-order valence-corrected chi connectivity index (χ2v) is 9.13. The number of hydrogen-bond acceptors (Lipinski definition) is 5. The Morgan fingerprint density at radius 2 is 1.76 bits per heavy atom. The van der Waals surface area contributed by atoms with Gasteiger partial charge in [0.2, 0.25) is 5.91 Å². The lowest BCUT2D eigenvalue weighted by atomic mass is 10.1. The lowest BCUT2D eigenvalue weighted by Gasteiger charge is -2.16. The molecule has 0 unspecified atom stereocenters. The number of ether oxygens (including phenoxy) is 1. The Hall–Kier alpha value is -4.79. The van der Waals surface area contributed by atoms with E-state index in [1.165, 1.54) is 41.1 Å². The third-order valence-electron chi connectivity index (χ3n) is 6.44. The molecule has 5 rings (SSSR count). The smallest absolute Gasteiger partial charge is 0.267 e. The normalized spacial score (nSPS) is 12.6. The largest absolute Gasteiger partial charge is 0.457 e. The SMILES string of the molecule is Cc1c(NC(=O)c2cccn(-c3ccc(F)cc3)c2=O)ccc(Oc2ccnc(NC(=O)C3CC3)c2)c1C. The van der Waals surface area contributed by atoms with Crippen molar-refractivity contribution in [1.29, 1.82) is 0 Å². The first kappa shape index (κ1) is 24.9.